The first-order chi connectivity index (χ1) is 8.20. The van der Waals surface area contributed by atoms with Gasteiger partial charge in [0, 0.05) is 18.2 Å². The van der Waals surface area contributed by atoms with Crippen molar-refractivity contribution in [2.75, 3.05) is 6.26 Å². The van der Waals surface area contributed by atoms with Crippen LogP contribution in [0, 0.1) is 0 Å². The predicted octanol–water partition coefficient (Wildman–Crippen LogP) is 1.71. The van der Waals surface area contributed by atoms with Gasteiger partial charge in [-0.2, -0.15) is 0 Å². The van der Waals surface area contributed by atoms with E-state index in [-0.39, 0.29) is 11.0 Å². The summed E-state index contributed by atoms with van der Waals surface area (Å²) >= 11 is 4.86. The smallest absolute Gasteiger partial charge is 0.175 e. The van der Waals surface area contributed by atoms with Crippen LogP contribution in [0.1, 0.15) is 19.4 Å². The van der Waals surface area contributed by atoms with Gasteiger partial charge >= 0.3 is 0 Å². The largest absolute Gasteiger partial charge is 0.491 e. The monoisotopic (exact) mass is 287 g/mol. The Bertz CT molecular complexity index is 550. The predicted molar refractivity (Wildman–Crippen MR) is 75.8 cm³/mol. The molecule has 1 aromatic carbocycles. The highest BCUT2D eigenvalue weighted by Crippen LogP contribution is 2.24. The van der Waals surface area contributed by atoms with Gasteiger partial charge in [0.25, 0.3) is 0 Å². The summed E-state index contributed by atoms with van der Waals surface area (Å²) in [6.45, 7) is 3.80. The van der Waals surface area contributed by atoms with E-state index in [4.69, 9.17) is 22.7 Å². The zero-order valence-corrected chi connectivity index (χ0v) is 12.3. The number of hydrogen-bond donors (Lipinski definition) is 1. The van der Waals surface area contributed by atoms with Crippen molar-refractivity contribution in [3.05, 3.63) is 23.8 Å². The van der Waals surface area contributed by atoms with E-state index in [2.05, 4.69) is 0 Å². The van der Waals surface area contributed by atoms with Crippen LogP contribution in [0.2, 0.25) is 0 Å². The van der Waals surface area contributed by atoms with Crippen LogP contribution in [0.5, 0.6) is 5.75 Å². The van der Waals surface area contributed by atoms with Gasteiger partial charge < -0.3 is 10.5 Å². The number of thiocarbonyl (C=S) groups is 1. The summed E-state index contributed by atoms with van der Waals surface area (Å²) in [4.78, 5) is 0.541. The minimum absolute atomic E-state index is 0.000760. The molecule has 0 amide bonds. The molecule has 18 heavy (non-hydrogen) atoms. The van der Waals surface area contributed by atoms with Gasteiger partial charge in [-0.05, 0) is 32.0 Å². The highest BCUT2D eigenvalue weighted by Gasteiger charge is 2.13. The highest BCUT2D eigenvalue weighted by atomic mass is 32.2. The molecule has 0 aliphatic carbocycles. The Morgan fingerprint density at radius 1 is 1.44 bits per heavy atom. The lowest BCUT2D eigenvalue weighted by Gasteiger charge is -2.15. The molecule has 0 aliphatic heterocycles. The van der Waals surface area contributed by atoms with E-state index in [0.717, 1.165) is 6.26 Å². The van der Waals surface area contributed by atoms with E-state index in [1.54, 1.807) is 12.1 Å². The molecular formula is C12H17NO3S2. The zero-order valence-electron chi connectivity index (χ0n) is 10.6. The lowest BCUT2D eigenvalue weighted by atomic mass is 10.1. The van der Waals surface area contributed by atoms with E-state index in [1.165, 1.54) is 6.07 Å². The number of ether oxygens (including phenoxy) is 1. The summed E-state index contributed by atoms with van der Waals surface area (Å²) in [7, 11) is -3.25. The first kappa shape index (κ1) is 14.9. The summed E-state index contributed by atoms with van der Waals surface area (Å²) in [5.41, 5.74) is 6.20. The van der Waals surface area contributed by atoms with Crippen LogP contribution in [0.4, 0.5) is 0 Å². The molecule has 0 heterocycles. The maximum Gasteiger partial charge on any atom is 0.175 e. The van der Waals surface area contributed by atoms with Crippen LogP contribution in [-0.2, 0) is 16.3 Å². The van der Waals surface area contributed by atoms with Crippen LogP contribution in [-0.4, -0.2) is 25.8 Å². The summed E-state index contributed by atoms with van der Waals surface area (Å²) in [6.07, 6.45) is 1.48. The Labute approximate surface area is 113 Å². The fourth-order valence-corrected chi connectivity index (χ4v) is 2.31. The minimum atomic E-state index is -3.25. The maximum absolute atomic E-state index is 11.5. The fraction of sp³-hybridized carbons (Fsp3) is 0.417. The van der Waals surface area contributed by atoms with Crippen LogP contribution in [0.3, 0.4) is 0 Å². The molecule has 0 unspecified atom stereocenters. The number of sulfone groups is 1. The van der Waals surface area contributed by atoms with Gasteiger partial charge in [0.15, 0.2) is 9.84 Å². The second-order valence-electron chi connectivity index (χ2n) is 4.35. The Morgan fingerprint density at radius 2 is 2.06 bits per heavy atom. The molecule has 0 aliphatic rings. The molecule has 1 aromatic rings. The third-order valence-electron chi connectivity index (χ3n) is 2.19. The number of hydrogen-bond acceptors (Lipinski definition) is 4. The third-order valence-corrected chi connectivity index (χ3v) is 3.44. The molecule has 0 aromatic heterocycles. The third kappa shape index (κ3) is 4.27. The maximum atomic E-state index is 11.5. The van der Waals surface area contributed by atoms with Gasteiger partial charge in [0.05, 0.1) is 16.0 Å². The molecule has 0 saturated heterocycles. The molecule has 0 saturated carbocycles. The fourth-order valence-electron chi connectivity index (χ4n) is 1.48. The summed E-state index contributed by atoms with van der Waals surface area (Å²) in [5.74, 6) is 0.616. The quantitative estimate of drug-likeness (QED) is 0.835. The second kappa shape index (κ2) is 5.67. The van der Waals surface area contributed by atoms with Crippen LogP contribution in [0.25, 0.3) is 0 Å². The molecule has 100 valence electrons. The Morgan fingerprint density at radius 3 is 2.50 bits per heavy atom. The van der Waals surface area contributed by atoms with Crippen LogP contribution in [0.15, 0.2) is 23.1 Å². The van der Waals surface area contributed by atoms with Crippen LogP contribution >= 0.6 is 12.2 Å². The minimum Gasteiger partial charge on any atom is -0.491 e. The van der Waals surface area contributed by atoms with Crippen molar-refractivity contribution in [3.63, 3.8) is 0 Å². The summed E-state index contributed by atoms with van der Waals surface area (Å²) in [6, 6.07) is 4.73. The van der Waals surface area contributed by atoms with Crippen LogP contribution < -0.4 is 10.5 Å². The lowest BCUT2D eigenvalue weighted by Crippen LogP contribution is -2.14. The van der Waals surface area contributed by atoms with Gasteiger partial charge in [0.1, 0.15) is 5.75 Å². The normalized spacial score (nSPS) is 11.6. The average Bonchev–Trinajstić information content (AvgIpc) is 2.17. The van der Waals surface area contributed by atoms with Gasteiger partial charge in [-0.3, -0.25) is 0 Å². The van der Waals surface area contributed by atoms with E-state index in [0.29, 0.717) is 22.7 Å². The van der Waals surface area contributed by atoms with Crippen molar-refractivity contribution in [2.45, 2.75) is 31.3 Å². The number of nitrogens with two attached hydrogens (primary N) is 1. The highest BCUT2D eigenvalue weighted by molar-refractivity contribution is 7.90. The molecule has 4 nitrogen and oxygen atoms in total. The number of benzene rings is 1. The molecule has 2 N–H and O–H groups in total. The van der Waals surface area contributed by atoms with E-state index in [9.17, 15) is 8.42 Å². The first-order valence-electron chi connectivity index (χ1n) is 5.48. The number of rotatable bonds is 5. The van der Waals surface area contributed by atoms with Crippen molar-refractivity contribution in [1.29, 1.82) is 0 Å². The Kier molecular flexibility index (Phi) is 4.70. The van der Waals surface area contributed by atoms with E-state index < -0.39 is 9.84 Å². The lowest BCUT2D eigenvalue weighted by molar-refractivity contribution is 0.240. The van der Waals surface area contributed by atoms with Gasteiger partial charge in [-0.25, -0.2) is 8.42 Å². The average molecular weight is 287 g/mol. The molecule has 0 bridgehead atoms. The molecule has 6 heteroatoms. The zero-order chi connectivity index (χ0) is 13.9. The molecule has 0 radical (unpaired) electrons. The van der Waals surface area contributed by atoms with Crippen molar-refractivity contribution in [1.82, 2.24) is 0 Å². The van der Waals surface area contributed by atoms with E-state index >= 15 is 0 Å². The Hall–Kier alpha value is -1.14. The van der Waals surface area contributed by atoms with Crippen molar-refractivity contribution in [2.24, 2.45) is 5.73 Å². The van der Waals surface area contributed by atoms with Gasteiger partial charge in [-0.1, -0.05) is 12.2 Å². The summed E-state index contributed by atoms with van der Waals surface area (Å²) < 4.78 is 28.6. The molecular weight excluding hydrogens is 270 g/mol. The molecule has 1 rings (SSSR count). The second-order valence-corrected chi connectivity index (χ2v) is 6.89. The standard InChI is InChI=1S/C12H17NO3S2/c1-8(2)16-11-5-4-10(18(3,14)15)6-9(11)7-12(13)17/h4-6,8H,7H2,1-3H3,(H2,13,17). The van der Waals surface area contributed by atoms with Gasteiger partial charge in [0.2, 0.25) is 0 Å². The SMILES string of the molecule is CC(C)Oc1ccc(S(C)(=O)=O)cc1CC(N)=S. The topological polar surface area (TPSA) is 69.4 Å². The van der Waals surface area contributed by atoms with Crippen molar-refractivity contribution < 1.29 is 13.2 Å². The molecule has 0 atom stereocenters. The first-order valence-corrected chi connectivity index (χ1v) is 7.78. The van der Waals surface area contributed by atoms with Crippen molar-refractivity contribution >= 4 is 27.0 Å². The molecule has 0 fully saturated rings. The Balaban J connectivity index is 3.24. The van der Waals surface area contributed by atoms with Gasteiger partial charge in [-0.15, -0.1) is 0 Å². The summed E-state index contributed by atoms with van der Waals surface area (Å²) in [5, 5.41) is 0. The molecule has 0 spiro atoms. The van der Waals surface area contributed by atoms with Crippen molar-refractivity contribution in [3.8, 4) is 5.75 Å². The van der Waals surface area contributed by atoms with E-state index in [1.807, 2.05) is 13.8 Å².